The lowest BCUT2D eigenvalue weighted by Crippen LogP contribution is -2.16. The summed E-state index contributed by atoms with van der Waals surface area (Å²) in [7, 11) is 1.78. The second-order valence-corrected chi connectivity index (χ2v) is 1.92. The number of hydrogen-bond acceptors (Lipinski definition) is 4. The first-order valence-electron chi connectivity index (χ1n) is 3.04. The van der Waals surface area contributed by atoms with Crippen molar-refractivity contribution in [2.45, 2.75) is 6.92 Å². The molecule has 10 heavy (non-hydrogen) atoms. The van der Waals surface area contributed by atoms with E-state index in [0.717, 1.165) is 11.5 Å². The fraction of sp³-hybridized carbons (Fsp3) is 0.333. The fourth-order valence-corrected chi connectivity index (χ4v) is 0.652. The Morgan fingerprint density at radius 1 is 1.40 bits per heavy atom. The molecule has 0 atom stereocenters. The Morgan fingerprint density at radius 2 is 2.20 bits per heavy atom. The summed E-state index contributed by atoms with van der Waals surface area (Å²) in [5.41, 5.74) is 6.49. The molecule has 0 radical (unpaired) electrons. The van der Waals surface area contributed by atoms with Gasteiger partial charge in [-0.3, -0.25) is 4.98 Å². The number of rotatable bonds is 2. The van der Waals surface area contributed by atoms with Crippen LogP contribution in [0.25, 0.3) is 0 Å². The highest BCUT2D eigenvalue weighted by molar-refractivity contribution is 5.29. The lowest BCUT2D eigenvalue weighted by Gasteiger charge is -2.01. The molecule has 0 aliphatic carbocycles. The van der Waals surface area contributed by atoms with E-state index in [4.69, 9.17) is 0 Å². The van der Waals surface area contributed by atoms with Crippen molar-refractivity contribution in [2.24, 2.45) is 0 Å². The summed E-state index contributed by atoms with van der Waals surface area (Å²) in [6, 6.07) is 0. The number of hydrogen-bond donors (Lipinski definition) is 2. The predicted octanol–water partition coefficient (Wildman–Crippen LogP) is 0.331. The van der Waals surface area contributed by atoms with E-state index in [-0.39, 0.29) is 0 Å². The number of aromatic nitrogens is 2. The fourth-order valence-electron chi connectivity index (χ4n) is 0.652. The van der Waals surface area contributed by atoms with E-state index in [1.165, 1.54) is 0 Å². The van der Waals surface area contributed by atoms with Gasteiger partial charge in [0.2, 0.25) is 0 Å². The van der Waals surface area contributed by atoms with Gasteiger partial charge in [-0.05, 0) is 6.92 Å². The summed E-state index contributed by atoms with van der Waals surface area (Å²) in [5.74, 6) is 0.738. The minimum absolute atomic E-state index is 0.738. The number of hydrazine groups is 1. The second-order valence-electron chi connectivity index (χ2n) is 1.92. The summed E-state index contributed by atoms with van der Waals surface area (Å²) >= 11 is 0. The molecule has 0 saturated carbocycles. The first kappa shape index (κ1) is 6.95. The predicted molar refractivity (Wildman–Crippen MR) is 39.5 cm³/mol. The minimum atomic E-state index is 0.738. The van der Waals surface area contributed by atoms with E-state index in [2.05, 4.69) is 20.8 Å². The Balaban J connectivity index is 2.75. The van der Waals surface area contributed by atoms with Gasteiger partial charge in [0.25, 0.3) is 0 Å². The molecule has 0 saturated heterocycles. The molecule has 0 spiro atoms. The number of aryl methyl sites for hydroxylation is 1. The van der Waals surface area contributed by atoms with E-state index >= 15 is 0 Å². The van der Waals surface area contributed by atoms with Crippen LogP contribution in [0.1, 0.15) is 5.69 Å². The van der Waals surface area contributed by atoms with E-state index in [1.54, 1.807) is 19.4 Å². The van der Waals surface area contributed by atoms with Crippen LogP contribution in [0.5, 0.6) is 0 Å². The molecule has 1 heterocycles. The third-order valence-corrected chi connectivity index (χ3v) is 1.01. The van der Waals surface area contributed by atoms with E-state index in [0.29, 0.717) is 0 Å². The third-order valence-electron chi connectivity index (χ3n) is 1.01. The number of nitrogens with one attached hydrogen (secondary N) is 2. The normalized spacial score (nSPS) is 9.40. The highest BCUT2D eigenvalue weighted by Gasteiger charge is 1.89. The molecular weight excluding hydrogens is 128 g/mol. The largest absolute Gasteiger partial charge is 0.305 e. The number of anilines is 1. The van der Waals surface area contributed by atoms with Crippen LogP contribution in [0.15, 0.2) is 12.4 Å². The van der Waals surface area contributed by atoms with Gasteiger partial charge in [-0.2, -0.15) is 0 Å². The van der Waals surface area contributed by atoms with Gasteiger partial charge in [-0.15, -0.1) is 0 Å². The molecule has 1 aromatic heterocycles. The molecule has 0 bridgehead atoms. The van der Waals surface area contributed by atoms with Gasteiger partial charge in [0.05, 0.1) is 11.9 Å². The molecule has 2 N–H and O–H groups in total. The zero-order valence-electron chi connectivity index (χ0n) is 6.05. The van der Waals surface area contributed by atoms with Crippen LogP contribution < -0.4 is 10.9 Å². The maximum atomic E-state index is 4.13. The Labute approximate surface area is 59.7 Å². The molecule has 0 unspecified atom stereocenters. The molecule has 0 amide bonds. The van der Waals surface area contributed by atoms with Crippen LogP contribution in [0, 0.1) is 6.92 Å². The van der Waals surface area contributed by atoms with Crippen molar-refractivity contribution in [2.75, 3.05) is 12.5 Å². The quantitative estimate of drug-likeness (QED) is 0.578. The van der Waals surface area contributed by atoms with Crippen molar-refractivity contribution in [1.82, 2.24) is 15.4 Å². The van der Waals surface area contributed by atoms with Crippen molar-refractivity contribution >= 4 is 5.82 Å². The topological polar surface area (TPSA) is 49.8 Å². The Bertz CT molecular complexity index is 211. The van der Waals surface area contributed by atoms with Gasteiger partial charge in [0.1, 0.15) is 0 Å². The number of nitrogens with zero attached hydrogens (tertiary/aromatic N) is 2. The molecule has 0 fully saturated rings. The molecule has 4 heteroatoms. The average Bonchev–Trinajstić information content (AvgIpc) is 1.88. The summed E-state index contributed by atoms with van der Waals surface area (Å²) < 4.78 is 0. The Kier molecular flexibility index (Phi) is 2.17. The maximum absolute atomic E-state index is 4.13. The molecule has 0 aromatic carbocycles. The van der Waals surface area contributed by atoms with Crippen LogP contribution in [-0.4, -0.2) is 17.0 Å². The highest BCUT2D eigenvalue weighted by Crippen LogP contribution is 1.97. The molecule has 0 aliphatic heterocycles. The standard InChI is InChI=1S/C6H10N4/c1-5-3-8-4-6(9-5)10-7-2/h3-4,7H,1-2H3,(H,9,10). The summed E-state index contributed by atoms with van der Waals surface area (Å²) in [6.45, 7) is 1.90. The Morgan fingerprint density at radius 3 is 2.80 bits per heavy atom. The highest BCUT2D eigenvalue weighted by atomic mass is 15.4. The van der Waals surface area contributed by atoms with Crippen molar-refractivity contribution in [1.29, 1.82) is 0 Å². The van der Waals surface area contributed by atoms with Crippen LogP contribution >= 0.6 is 0 Å². The average molecular weight is 138 g/mol. The van der Waals surface area contributed by atoms with Crippen LogP contribution in [-0.2, 0) is 0 Å². The molecule has 4 nitrogen and oxygen atoms in total. The molecular formula is C6H10N4. The zero-order chi connectivity index (χ0) is 7.40. The van der Waals surface area contributed by atoms with Gasteiger partial charge in [-0.1, -0.05) is 0 Å². The zero-order valence-corrected chi connectivity index (χ0v) is 6.05. The monoisotopic (exact) mass is 138 g/mol. The van der Waals surface area contributed by atoms with Crippen LogP contribution in [0.4, 0.5) is 5.82 Å². The van der Waals surface area contributed by atoms with Gasteiger partial charge in [0, 0.05) is 13.2 Å². The van der Waals surface area contributed by atoms with E-state index in [1.807, 2.05) is 6.92 Å². The first-order valence-corrected chi connectivity index (χ1v) is 3.04. The van der Waals surface area contributed by atoms with Crippen molar-refractivity contribution < 1.29 is 0 Å². The van der Waals surface area contributed by atoms with E-state index < -0.39 is 0 Å². The lowest BCUT2D eigenvalue weighted by molar-refractivity contribution is 0.949. The van der Waals surface area contributed by atoms with Gasteiger partial charge < -0.3 is 5.43 Å². The molecule has 0 aliphatic rings. The van der Waals surface area contributed by atoms with Gasteiger partial charge in [-0.25, -0.2) is 10.4 Å². The van der Waals surface area contributed by atoms with Crippen LogP contribution in [0.3, 0.4) is 0 Å². The molecule has 1 rings (SSSR count). The summed E-state index contributed by atoms with van der Waals surface area (Å²) in [5, 5.41) is 0. The molecule has 54 valence electrons. The summed E-state index contributed by atoms with van der Waals surface area (Å²) in [6.07, 6.45) is 3.37. The van der Waals surface area contributed by atoms with E-state index in [9.17, 15) is 0 Å². The van der Waals surface area contributed by atoms with Gasteiger partial charge >= 0.3 is 0 Å². The van der Waals surface area contributed by atoms with Crippen molar-refractivity contribution in [3.8, 4) is 0 Å². The van der Waals surface area contributed by atoms with Crippen molar-refractivity contribution in [3.63, 3.8) is 0 Å². The second kappa shape index (κ2) is 3.12. The smallest absolute Gasteiger partial charge is 0.158 e. The van der Waals surface area contributed by atoms with Crippen molar-refractivity contribution in [3.05, 3.63) is 18.1 Å². The minimum Gasteiger partial charge on any atom is -0.305 e. The Hall–Kier alpha value is -1.16. The maximum Gasteiger partial charge on any atom is 0.158 e. The summed E-state index contributed by atoms with van der Waals surface area (Å²) in [4.78, 5) is 8.06. The molecule has 1 aromatic rings. The third kappa shape index (κ3) is 1.66. The first-order chi connectivity index (χ1) is 4.83. The SMILES string of the molecule is CNNc1cncc(C)n1. The lowest BCUT2D eigenvalue weighted by atomic mass is 10.5. The van der Waals surface area contributed by atoms with Crippen LogP contribution in [0.2, 0.25) is 0 Å². The van der Waals surface area contributed by atoms with Gasteiger partial charge in [0.15, 0.2) is 5.82 Å².